The highest BCUT2D eigenvalue weighted by molar-refractivity contribution is 6.35. The number of amides is 2. The van der Waals surface area contributed by atoms with Crippen LogP contribution >= 0.6 is 0 Å². The van der Waals surface area contributed by atoms with E-state index in [0.29, 0.717) is 18.9 Å². The first kappa shape index (κ1) is 15.5. The fourth-order valence-corrected chi connectivity index (χ4v) is 2.12. The summed E-state index contributed by atoms with van der Waals surface area (Å²) in [7, 11) is 0. The maximum absolute atomic E-state index is 11.5. The Hall–Kier alpha value is -1.86. The lowest BCUT2D eigenvalue weighted by molar-refractivity contribution is -0.139. The van der Waals surface area contributed by atoms with Gasteiger partial charge in [0.1, 0.15) is 11.9 Å². The summed E-state index contributed by atoms with van der Waals surface area (Å²) in [4.78, 5) is 23.1. The predicted octanol–water partition coefficient (Wildman–Crippen LogP) is 0.114. The molecule has 0 bridgehead atoms. The Bertz CT molecular complexity index is 454. The van der Waals surface area contributed by atoms with E-state index in [1.165, 1.54) is 6.26 Å². The molecular formula is C14H20N2O5. The first-order chi connectivity index (χ1) is 10.2. The third kappa shape index (κ3) is 4.87. The van der Waals surface area contributed by atoms with Gasteiger partial charge in [-0.3, -0.25) is 9.59 Å². The van der Waals surface area contributed by atoms with Gasteiger partial charge in [0.25, 0.3) is 0 Å². The van der Waals surface area contributed by atoms with Crippen molar-refractivity contribution in [1.29, 1.82) is 0 Å². The molecule has 1 saturated heterocycles. The van der Waals surface area contributed by atoms with Gasteiger partial charge in [-0.2, -0.15) is 0 Å². The zero-order valence-corrected chi connectivity index (χ0v) is 11.7. The summed E-state index contributed by atoms with van der Waals surface area (Å²) in [6.45, 7) is 1.24. The van der Waals surface area contributed by atoms with Gasteiger partial charge in [0.15, 0.2) is 0 Å². The molecule has 1 aliphatic heterocycles. The quantitative estimate of drug-likeness (QED) is 0.647. The monoisotopic (exact) mass is 296 g/mol. The van der Waals surface area contributed by atoms with Gasteiger partial charge in [-0.1, -0.05) is 0 Å². The maximum atomic E-state index is 11.5. The van der Waals surface area contributed by atoms with Crippen molar-refractivity contribution in [3.05, 3.63) is 24.2 Å². The van der Waals surface area contributed by atoms with E-state index in [9.17, 15) is 14.7 Å². The van der Waals surface area contributed by atoms with Crippen molar-refractivity contribution in [1.82, 2.24) is 10.6 Å². The molecule has 7 heteroatoms. The number of hydrogen-bond donors (Lipinski definition) is 3. The summed E-state index contributed by atoms with van der Waals surface area (Å²) >= 11 is 0. The van der Waals surface area contributed by atoms with Crippen LogP contribution in [-0.2, 0) is 14.3 Å². The molecule has 1 aromatic rings. The van der Waals surface area contributed by atoms with Crippen LogP contribution < -0.4 is 10.6 Å². The van der Waals surface area contributed by atoms with Gasteiger partial charge in [0.2, 0.25) is 0 Å². The van der Waals surface area contributed by atoms with E-state index in [-0.39, 0.29) is 19.1 Å². The zero-order valence-electron chi connectivity index (χ0n) is 11.7. The lowest BCUT2D eigenvalue weighted by atomic mass is 10.2. The highest BCUT2D eigenvalue weighted by atomic mass is 16.5. The standard InChI is InChI=1S/C14H20N2O5/c17-11(12-4-2-8-21-12)5-6-15-13(18)14(19)16-9-10-3-1-7-20-10/h2,4,8,10-11,17H,1,3,5-7,9H2,(H,15,18)(H,16,19). The predicted molar refractivity (Wildman–Crippen MR) is 73.3 cm³/mol. The molecule has 0 saturated carbocycles. The van der Waals surface area contributed by atoms with Crippen LogP contribution in [0.5, 0.6) is 0 Å². The molecule has 0 spiro atoms. The molecule has 116 valence electrons. The molecule has 2 heterocycles. The van der Waals surface area contributed by atoms with E-state index in [4.69, 9.17) is 9.15 Å². The highest BCUT2D eigenvalue weighted by Gasteiger charge is 2.19. The van der Waals surface area contributed by atoms with Crippen molar-refractivity contribution in [2.45, 2.75) is 31.5 Å². The molecule has 2 unspecified atom stereocenters. The van der Waals surface area contributed by atoms with Crippen molar-refractivity contribution in [3.63, 3.8) is 0 Å². The Kier molecular flexibility index (Phi) is 5.77. The van der Waals surface area contributed by atoms with Crippen LogP contribution in [0.1, 0.15) is 31.1 Å². The van der Waals surface area contributed by atoms with Crippen LogP contribution in [0.4, 0.5) is 0 Å². The lowest BCUT2D eigenvalue weighted by Gasteiger charge is -2.11. The fourth-order valence-electron chi connectivity index (χ4n) is 2.12. The van der Waals surface area contributed by atoms with Crippen molar-refractivity contribution in [3.8, 4) is 0 Å². The average molecular weight is 296 g/mol. The smallest absolute Gasteiger partial charge is 0.309 e. The number of ether oxygens (including phenoxy) is 1. The summed E-state index contributed by atoms with van der Waals surface area (Å²) in [6.07, 6.45) is 2.83. The first-order valence-electron chi connectivity index (χ1n) is 7.06. The van der Waals surface area contributed by atoms with E-state index in [1.54, 1.807) is 12.1 Å². The second kappa shape index (κ2) is 7.80. The number of hydrogen-bond acceptors (Lipinski definition) is 5. The second-order valence-corrected chi connectivity index (χ2v) is 4.92. The zero-order chi connectivity index (χ0) is 15.1. The van der Waals surface area contributed by atoms with Gasteiger partial charge in [-0.05, 0) is 31.4 Å². The van der Waals surface area contributed by atoms with E-state index in [1.807, 2.05) is 0 Å². The molecule has 21 heavy (non-hydrogen) atoms. The molecule has 2 rings (SSSR count). The molecule has 7 nitrogen and oxygen atoms in total. The summed E-state index contributed by atoms with van der Waals surface area (Å²) in [5, 5.41) is 14.7. The maximum Gasteiger partial charge on any atom is 0.309 e. The molecule has 0 aromatic carbocycles. The van der Waals surface area contributed by atoms with Crippen LogP contribution in [0.2, 0.25) is 0 Å². The van der Waals surface area contributed by atoms with Crippen molar-refractivity contribution < 1.29 is 23.8 Å². The summed E-state index contributed by atoms with van der Waals surface area (Å²) < 4.78 is 10.4. The number of aliphatic hydroxyl groups is 1. The highest BCUT2D eigenvalue weighted by Crippen LogP contribution is 2.15. The fraction of sp³-hybridized carbons (Fsp3) is 0.571. The van der Waals surface area contributed by atoms with Crippen molar-refractivity contribution >= 4 is 11.8 Å². The number of rotatable bonds is 6. The summed E-state index contributed by atoms with van der Waals surface area (Å²) in [5.74, 6) is -0.954. The van der Waals surface area contributed by atoms with E-state index in [2.05, 4.69) is 10.6 Å². The van der Waals surface area contributed by atoms with Gasteiger partial charge in [0, 0.05) is 19.7 Å². The number of nitrogens with one attached hydrogen (secondary N) is 2. The minimum absolute atomic E-state index is 0.00234. The van der Waals surface area contributed by atoms with Crippen LogP contribution in [-0.4, -0.2) is 42.7 Å². The minimum atomic E-state index is -0.796. The summed E-state index contributed by atoms with van der Waals surface area (Å²) in [6, 6.07) is 3.33. The Morgan fingerprint density at radius 1 is 1.38 bits per heavy atom. The number of carbonyl (C=O) groups is 2. The first-order valence-corrected chi connectivity index (χ1v) is 7.06. The Morgan fingerprint density at radius 2 is 2.19 bits per heavy atom. The number of carbonyl (C=O) groups excluding carboxylic acids is 2. The summed E-state index contributed by atoms with van der Waals surface area (Å²) in [5.41, 5.74) is 0. The third-order valence-electron chi connectivity index (χ3n) is 3.30. The topological polar surface area (TPSA) is 101 Å². The number of aliphatic hydroxyl groups excluding tert-OH is 1. The molecule has 0 radical (unpaired) electrons. The van der Waals surface area contributed by atoms with Crippen LogP contribution in [0.25, 0.3) is 0 Å². The van der Waals surface area contributed by atoms with E-state index >= 15 is 0 Å². The van der Waals surface area contributed by atoms with Gasteiger partial charge in [-0.25, -0.2) is 0 Å². The lowest BCUT2D eigenvalue weighted by Crippen LogP contribution is -2.43. The Morgan fingerprint density at radius 3 is 2.86 bits per heavy atom. The molecule has 1 fully saturated rings. The van der Waals surface area contributed by atoms with Gasteiger partial charge in [-0.15, -0.1) is 0 Å². The molecule has 3 N–H and O–H groups in total. The SMILES string of the molecule is O=C(NCCC(O)c1ccco1)C(=O)NCC1CCCO1. The molecule has 1 aromatic heterocycles. The van der Waals surface area contributed by atoms with Crippen molar-refractivity contribution in [2.75, 3.05) is 19.7 Å². The minimum Gasteiger partial charge on any atom is -0.467 e. The van der Waals surface area contributed by atoms with Crippen LogP contribution in [0.3, 0.4) is 0 Å². The van der Waals surface area contributed by atoms with E-state index < -0.39 is 17.9 Å². The Balaban J connectivity index is 1.60. The largest absolute Gasteiger partial charge is 0.467 e. The van der Waals surface area contributed by atoms with Crippen LogP contribution in [0.15, 0.2) is 22.8 Å². The molecule has 0 aliphatic carbocycles. The molecule has 2 atom stereocenters. The number of furan rings is 1. The van der Waals surface area contributed by atoms with Crippen molar-refractivity contribution in [2.24, 2.45) is 0 Å². The molecular weight excluding hydrogens is 276 g/mol. The molecule has 1 aliphatic rings. The molecule has 2 amide bonds. The van der Waals surface area contributed by atoms with Crippen LogP contribution in [0, 0.1) is 0 Å². The van der Waals surface area contributed by atoms with E-state index in [0.717, 1.165) is 12.8 Å². The van der Waals surface area contributed by atoms with Gasteiger partial charge in [0.05, 0.1) is 12.4 Å². The van der Waals surface area contributed by atoms with Gasteiger partial charge >= 0.3 is 11.8 Å². The normalized spacial score (nSPS) is 19.2. The third-order valence-corrected chi connectivity index (χ3v) is 3.30. The second-order valence-electron chi connectivity index (χ2n) is 4.92. The Labute approximate surface area is 122 Å². The van der Waals surface area contributed by atoms with Gasteiger partial charge < -0.3 is 24.9 Å². The average Bonchev–Trinajstić information content (AvgIpc) is 3.17.